The molecule has 2 rings (SSSR count). The highest BCUT2D eigenvalue weighted by Gasteiger charge is 2.12. The van der Waals surface area contributed by atoms with Gasteiger partial charge in [-0.05, 0) is 45.2 Å². The second-order valence-electron chi connectivity index (χ2n) is 5.28. The highest BCUT2D eigenvalue weighted by Crippen LogP contribution is 2.11. The van der Waals surface area contributed by atoms with Crippen LogP contribution in [0.25, 0.3) is 0 Å². The lowest BCUT2D eigenvalue weighted by molar-refractivity contribution is 0.103. The Morgan fingerprint density at radius 3 is 3.00 bits per heavy atom. The highest BCUT2D eigenvalue weighted by atomic mass is 16.5. The van der Waals surface area contributed by atoms with E-state index in [9.17, 15) is 0 Å². The van der Waals surface area contributed by atoms with Crippen LogP contribution in [0.4, 0.5) is 0 Å². The van der Waals surface area contributed by atoms with Crippen LogP contribution in [0.2, 0.25) is 0 Å². The summed E-state index contributed by atoms with van der Waals surface area (Å²) in [5.74, 6) is 0. The number of rotatable bonds is 7. The SMILES string of the molecule is CCc1cc(COCCC2CCCCN2)n(CC)n1. The van der Waals surface area contributed by atoms with Crippen LogP contribution in [0.15, 0.2) is 6.07 Å². The van der Waals surface area contributed by atoms with E-state index in [1.807, 2.05) is 0 Å². The van der Waals surface area contributed by atoms with E-state index in [4.69, 9.17) is 4.74 Å². The standard InChI is InChI=1S/C15H27N3O/c1-3-13-11-15(18(4-2)17-13)12-19-10-8-14-7-5-6-9-16-14/h11,14,16H,3-10,12H2,1-2H3. The van der Waals surface area contributed by atoms with Gasteiger partial charge in [0.15, 0.2) is 0 Å². The molecule has 0 amide bonds. The molecular formula is C15H27N3O. The third kappa shape index (κ3) is 4.32. The predicted octanol–water partition coefficient (Wildman–Crippen LogP) is 2.51. The summed E-state index contributed by atoms with van der Waals surface area (Å²) in [5, 5.41) is 8.10. The number of hydrogen-bond acceptors (Lipinski definition) is 3. The number of nitrogens with zero attached hydrogens (tertiary/aromatic N) is 2. The Labute approximate surface area is 116 Å². The minimum absolute atomic E-state index is 0.663. The van der Waals surface area contributed by atoms with Gasteiger partial charge in [0, 0.05) is 19.2 Å². The van der Waals surface area contributed by atoms with Crippen LogP contribution >= 0.6 is 0 Å². The quantitative estimate of drug-likeness (QED) is 0.770. The van der Waals surface area contributed by atoms with Gasteiger partial charge in [0.1, 0.15) is 0 Å². The van der Waals surface area contributed by atoms with Gasteiger partial charge in [-0.25, -0.2) is 0 Å². The maximum Gasteiger partial charge on any atom is 0.0884 e. The maximum absolute atomic E-state index is 5.82. The highest BCUT2D eigenvalue weighted by molar-refractivity contribution is 5.09. The van der Waals surface area contributed by atoms with Gasteiger partial charge in [0.25, 0.3) is 0 Å². The van der Waals surface area contributed by atoms with E-state index in [1.165, 1.54) is 31.5 Å². The van der Waals surface area contributed by atoms with Gasteiger partial charge in [-0.1, -0.05) is 13.3 Å². The van der Waals surface area contributed by atoms with Gasteiger partial charge in [-0.3, -0.25) is 4.68 Å². The molecule has 1 aliphatic heterocycles. The van der Waals surface area contributed by atoms with Crippen molar-refractivity contribution in [1.29, 1.82) is 0 Å². The van der Waals surface area contributed by atoms with E-state index in [-0.39, 0.29) is 0 Å². The monoisotopic (exact) mass is 265 g/mol. The zero-order valence-electron chi connectivity index (χ0n) is 12.3. The molecule has 4 heteroatoms. The second-order valence-corrected chi connectivity index (χ2v) is 5.28. The second kappa shape index (κ2) is 7.65. The van der Waals surface area contributed by atoms with Gasteiger partial charge in [-0.15, -0.1) is 0 Å². The lowest BCUT2D eigenvalue weighted by Gasteiger charge is -2.23. The molecule has 1 aromatic heterocycles. The van der Waals surface area contributed by atoms with Gasteiger partial charge in [0.05, 0.1) is 18.0 Å². The molecule has 0 aliphatic carbocycles. The summed E-state index contributed by atoms with van der Waals surface area (Å²) >= 11 is 0. The molecule has 0 spiro atoms. The van der Waals surface area contributed by atoms with Crippen molar-refractivity contribution in [1.82, 2.24) is 15.1 Å². The molecule has 4 nitrogen and oxygen atoms in total. The third-order valence-corrected chi connectivity index (χ3v) is 3.85. The fourth-order valence-corrected chi connectivity index (χ4v) is 2.65. The molecule has 0 bridgehead atoms. The van der Waals surface area contributed by atoms with Gasteiger partial charge in [0.2, 0.25) is 0 Å². The maximum atomic E-state index is 5.82. The zero-order chi connectivity index (χ0) is 13.5. The topological polar surface area (TPSA) is 39.1 Å². The summed E-state index contributed by atoms with van der Waals surface area (Å²) in [4.78, 5) is 0. The van der Waals surface area contributed by atoms with E-state index in [0.717, 1.165) is 31.7 Å². The minimum Gasteiger partial charge on any atom is -0.375 e. The molecular weight excluding hydrogens is 238 g/mol. The summed E-state index contributed by atoms with van der Waals surface area (Å²) in [6.07, 6.45) is 6.11. The number of hydrogen-bond donors (Lipinski definition) is 1. The third-order valence-electron chi connectivity index (χ3n) is 3.85. The molecule has 0 aromatic carbocycles. The number of ether oxygens (including phenoxy) is 1. The Kier molecular flexibility index (Phi) is 5.86. The molecule has 1 aliphatic rings. The Hall–Kier alpha value is -0.870. The fraction of sp³-hybridized carbons (Fsp3) is 0.800. The van der Waals surface area contributed by atoms with Crippen molar-refractivity contribution in [3.63, 3.8) is 0 Å². The van der Waals surface area contributed by atoms with Crippen LogP contribution < -0.4 is 5.32 Å². The van der Waals surface area contributed by atoms with Crippen molar-refractivity contribution in [3.05, 3.63) is 17.5 Å². The number of nitrogens with one attached hydrogen (secondary N) is 1. The summed E-state index contributed by atoms with van der Waals surface area (Å²) in [6, 6.07) is 2.83. The van der Waals surface area contributed by atoms with Crippen molar-refractivity contribution in [2.75, 3.05) is 13.2 Å². The number of aromatic nitrogens is 2. The van der Waals surface area contributed by atoms with E-state index < -0.39 is 0 Å². The van der Waals surface area contributed by atoms with Crippen LogP contribution in [-0.2, 0) is 24.3 Å². The predicted molar refractivity (Wildman–Crippen MR) is 77.2 cm³/mol. The van der Waals surface area contributed by atoms with Crippen LogP contribution in [0.5, 0.6) is 0 Å². The Balaban J connectivity index is 1.71. The van der Waals surface area contributed by atoms with Crippen molar-refractivity contribution >= 4 is 0 Å². The van der Waals surface area contributed by atoms with Crippen LogP contribution in [0, 0.1) is 0 Å². The molecule has 1 aromatic rings. The molecule has 19 heavy (non-hydrogen) atoms. The average Bonchev–Trinajstić information content (AvgIpc) is 2.87. The molecule has 0 radical (unpaired) electrons. The normalized spacial score (nSPS) is 19.8. The van der Waals surface area contributed by atoms with E-state index in [0.29, 0.717) is 12.6 Å². The van der Waals surface area contributed by atoms with E-state index in [2.05, 4.69) is 35.0 Å². The molecule has 1 atom stereocenters. The Morgan fingerprint density at radius 1 is 1.42 bits per heavy atom. The average molecular weight is 265 g/mol. The summed E-state index contributed by atoms with van der Waals surface area (Å²) in [6.45, 7) is 7.89. The summed E-state index contributed by atoms with van der Waals surface area (Å²) in [5.41, 5.74) is 2.37. The molecule has 0 saturated carbocycles. The Morgan fingerprint density at radius 2 is 2.32 bits per heavy atom. The first-order chi connectivity index (χ1) is 9.33. The van der Waals surface area contributed by atoms with Crippen molar-refractivity contribution in [2.45, 2.75) is 65.1 Å². The molecule has 1 unspecified atom stereocenters. The molecule has 1 fully saturated rings. The number of piperidine rings is 1. The lowest BCUT2D eigenvalue weighted by atomic mass is 10.0. The summed E-state index contributed by atoms with van der Waals surface area (Å²) in [7, 11) is 0. The largest absolute Gasteiger partial charge is 0.375 e. The zero-order valence-corrected chi connectivity index (χ0v) is 12.3. The van der Waals surface area contributed by atoms with Crippen molar-refractivity contribution in [3.8, 4) is 0 Å². The van der Waals surface area contributed by atoms with Crippen LogP contribution in [-0.4, -0.2) is 29.0 Å². The lowest BCUT2D eigenvalue weighted by Crippen LogP contribution is -2.34. The first-order valence-corrected chi connectivity index (χ1v) is 7.70. The van der Waals surface area contributed by atoms with E-state index >= 15 is 0 Å². The van der Waals surface area contributed by atoms with E-state index in [1.54, 1.807) is 0 Å². The fourth-order valence-electron chi connectivity index (χ4n) is 2.65. The van der Waals surface area contributed by atoms with Gasteiger partial charge in [-0.2, -0.15) is 5.10 Å². The van der Waals surface area contributed by atoms with Crippen LogP contribution in [0.3, 0.4) is 0 Å². The number of aryl methyl sites for hydroxylation is 2. The van der Waals surface area contributed by atoms with Crippen LogP contribution in [0.1, 0.15) is 50.9 Å². The Bertz CT molecular complexity index is 369. The summed E-state index contributed by atoms with van der Waals surface area (Å²) < 4.78 is 7.88. The molecule has 2 heterocycles. The van der Waals surface area contributed by atoms with Gasteiger partial charge >= 0.3 is 0 Å². The molecule has 108 valence electrons. The molecule has 1 N–H and O–H groups in total. The minimum atomic E-state index is 0.663. The van der Waals surface area contributed by atoms with Crippen molar-refractivity contribution in [2.24, 2.45) is 0 Å². The van der Waals surface area contributed by atoms with Gasteiger partial charge < -0.3 is 10.1 Å². The smallest absolute Gasteiger partial charge is 0.0884 e. The van der Waals surface area contributed by atoms with Crippen molar-refractivity contribution < 1.29 is 4.74 Å². The first-order valence-electron chi connectivity index (χ1n) is 7.70. The first kappa shape index (κ1) is 14.5. The molecule has 1 saturated heterocycles.